The zero-order valence-corrected chi connectivity index (χ0v) is 12.7. The maximum Gasteiger partial charge on any atom is 0.234 e. The van der Waals surface area contributed by atoms with Crippen LogP contribution in [0.1, 0.15) is 13.8 Å². The van der Waals surface area contributed by atoms with Crippen molar-refractivity contribution in [3.8, 4) is 0 Å². The molecule has 0 aromatic heterocycles. The zero-order chi connectivity index (χ0) is 13.5. The molecule has 0 unspecified atom stereocenters. The quantitative estimate of drug-likeness (QED) is 0.621. The van der Waals surface area contributed by atoms with Crippen molar-refractivity contribution >= 4 is 40.8 Å². The van der Waals surface area contributed by atoms with Crippen LogP contribution in [0.3, 0.4) is 0 Å². The first kappa shape index (κ1) is 15.2. The lowest BCUT2D eigenvalue weighted by Crippen LogP contribution is -2.15. The van der Waals surface area contributed by atoms with Crippen molar-refractivity contribution in [2.75, 3.05) is 28.8 Å². The van der Waals surface area contributed by atoms with E-state index in [1.165, 1.54) is 11.8 Å². The molecule has 5 heteroatoms. The summed E-state index contributed by atoms with van der Waals surface area (Å²) in [4.78, 5) is 12.7. The minimum absolute atomic E-state index is 0.0137. The van der Waals surface area contributed by atoms with E-state index in [-0.39, 0.29) is 5.91 Å². The van der Waals surface area contributed by atoms with E-state index in [1.807, 2.05) is 24.5 Å². The van der Waals surface area contributed by atoms with Crippen LogP contribution >= 0.6 is 23.5 Å². The smallest absolute Gasteiger partial charge is 0.234 e. The van der Waals surface area contributed by atoms with Gasteiger partial charge in [-0.05, 0) is 30.4 Å². The Balaban J connectivity index is 2.71. The van der Waals surface area contributed by atoms with Gasteiger partial charge in [-0.15, -0.1) is 11.8 Å². The Bertz CT molecular complexity index is 408. The SMILES string of the molecule is CSCC(=O)Nc1cc(SCC(C)C)ccc1N. The molecule has 0 atom stereocenters. The van der Waals surface area contributed by atoms with Crippen LogP contribution in [0.4, 0.5) is 11.4 Å². The highest BCUT2D eigenvalue weighted by atomic mass is 32.2. The predicted molar refractivity (Wildman–Crippen MR) is 83.4 cm³/mol. The number of thioether (sulfide) groups is 2. The number of nitrogen functional groups attached to an aromatic ring is 1. The highest BCUT2D eigenvalue weighted by Gasteiger charge is 2.06. The van der Waals surface area contributed by atoms with Gasteiger partial charge in [-0.25, -0.2) is 0 Å². The molecule has 3 nitrogen and oxygen atoms in total. The molecule has 0 radical (unpaired) electrons. The molecule has 0 saturated heterocycles. The average molecular weight is 284 g/mol. The lowest BCUT2D eigenvalue weighted by Gasteiger charge is -2.10. The Hall–Kier alpha value is -0.810. The molecule has 100 valence electrons. The van der Waals surface area contributed by atoms with E-state index < -0.39 is 0 Å². The molecule has 0 aliphatic rings. The fourth-order valence-corrected chi connectivity index (χ4v) is 2.54. The normalized spacial score (nSPS) is 10.7. The zero-order valence-electron chi connectivity index (χ0n) is 11.0. The molecule has 0 aliphatic heterocycles. The van der Waals surface area contributed by atoms with E-state index in [2.05, 4.69) is 19.2 Å². The number of anilines is 2. The molecule has 1 aromatic rings. The average Bonchev–Trinajstić information content (AvgIpc) is 2.30. The van der Waals surface area contributed by atoms with Gasteiger partial charge in [0.2, 0.25) is 5.91 Å². The maximum atomic E-state index is 11.5. The van der Waals surface area contributed by atoms with Gasteiger partial charge in [-0.1, -0.05) is 13.8 Å². The lowest BCUT2D eigenvalue weighted by molar-refractivity contribution is -0.113. The number of rotatable bonds is 6. The van der Waals surface area contributed by atoms with Crippen molar-refractivity contribution < 1.29 is 4.79 Å². The van der Waals surface area contributed by atoms with Crippen molar-refractivity contribution in [3.63, 3.8) is 0 Å². The fourth-order valence-electron chi connectivity index (χ4n) is 1.31. The fraction of sp³-hybridized carbons (Fsp3) is 0.462. The largest absolute Gasteiger partial charge is 0.397 e. The third kappa shape index (κ3) is 5.23. The van der Waals surface area contributed by atoms with Crippen LogP contribution in [0, 0.1) is 5.92 Å². The standard InChI is InChI=1S/C13H20N2OS2/c1-9(2)7-18-10-4-5-11(14)12(6-10)15-13(16)8-17-3/h4-6,9H,7-8,14H2,1-3H3,(H,15,16). The number of amides is 1. The summed E-state index contributed by atoms with van der Waals surface area (Å²) >= 11 is 3.27. The predicted octanol–water partition coefficient (Wildman–Crippen LogP) is 3.32. The minimum Gasteiger partial charge on any atom is -0.397 e. The summed E-state index contributed by atoms with van der Waals surface area (Å²) in [5, 5.41) is 2.84. The van der Waals surface area contributed by atoms with Gasteiger partial charge in [-0.3, -0.25) is 4.79 Å². The molecule has 3 N–H and O–H groups in total. The first-order chi connectivity index (χ1) is 8.52. The molecule has 1 aromatic carbocycles. The van der Waals surface area contributed by atoms with E-state index in [9.17, 15) is 4.79 Å². The summed E-state index contributed by atoms with van der Waals surface area (Å²) < 4.78 is 0. The van der Waals surface area contributed by atoms with E-state index >= 15 is 0 Å². The van der Waals surface area contributed by atoms with Gasteiger partial charge in [0.05, 0.1) is 17.1 Å². The second-order valence-corrected chi connectivity index (χ2v) is 6.39. The van der Waals surface area contributed by atoms with Gasteiger partial charge in [-0.2, -0.15) is 11.8 Å². The van der Waals surface area contributed by atoms with E-state index in [1.54, 1.807) is 11.8 Å². The second kappa shape index (κ2) is 7.59. The Kier molecular flexibility index (Phi) is 6.43. The molecule has 18 heavy (non-hydrogen) atoms. The van der Waals surface area contributed by atoms with E-state index in [0.29, 0.717) is 23.0 Å². The molecule has 0 heterocycles. The summed E-state index contributed by atoms with van der Waals surface area (Å²) in [5.74, 6) is 2.13. The molecule has 0 bridgehead atoms. The van der Waals surface area contributed by atoms with Crippen LogP contribution in [0.15, 0.2) is 23.1 Å². The van der Waals surface area contributed by atoms with Crippen LogP contribution in [-0.2, 0) is 4.79 Å². The van der Waals surface area contributed by atoms with Crippen LogP contribution in [0.5, 0.6) is 0 Å². The van der Waals surface area contributed by atoms with Crippen molar-refractivity contribution in [3.05, 3.63) is 18.2 Å². The molecule has 0 fully saturated rings. The van der Waals surface area contributed by atoms with Crippen LogP contribution in [0.25, 0.3) is 0 Å². The second-order valence-electron chi connectivity index (χ2n) is 4.44. The van der Waals surface area contributed by atoms with E-state index in [4.69, 9.17) is 5.73 Å². The Morgan fingerprint density at radius 1 is 1.44 bits per heavy atom. The maximum absolute atomic E-state index is 11.5. The van der Waals surface area contributed by atoms with Crippen molar-refractivity contribution in [1.29, 1.82) is 0 Å². The van der Waals surface area contributed by atoms with Gasteiger partial charge in [0.1, 0.15) is 0 Å². The van der Waals surface area contributed by atoms with Crippen molar-refractivity contribution in [1.82, 2.24) is 0 Å². The highest BCUT2D eigenvalue weighted by Crippen LogP contribution is 2.27. The summed E-state index contributed by atoms with van der Waals surface area (Å²) in [6.45, 7) is 4.37. The minimum atomic E-state index is -0.0137. The molecule has 0 saturated carbocycles. The summed E-state index contributed by atoms with van der Waals surface area (Å²) in [6.07, 6.45) is 1.90. The first-order valence-electron chi connectivity index (χ1n) is 5.84. The number of carbonyl (C=O) groups is 1. The summed E-state index contributed by atoms with van der Waals surface area (Å²) in [7, 11) is 0. The lowest BCUT2D eigenvalue weighted by atomic mass is 10.2. The van der Waals surface area contributed by atoms with Gasteiger partial charge < -0.3 is 11.1 Å². The number of benzene rings is 1. The first-order valence-corrected chi connectivity index (χ1v) is 8.22. The molecule has 1 amide bonds. The molecule has 0 aliphatic carbocycles. The molecular formula is C13H20N2OS2. The summed E-state index contributed by atoms with van der Waals surface area (Å²) in [5.41, 5.74) is 7.18. The van der Waals surface area contributed by atoms with Gasteiger partial charge in [0.25, 0.3) is 0 Å². The Morgan fingerprint density at radius 3 is 2.78 bits per heavy atom. The van der Waals surface area contributed by atoms with Crippen molar-refractivity contribution in [2.45, 2.75) is 18.7 Å². The van der Waals surface area contributed by atoms with Crippen LogP contribution < -0.4 is 11.1 Å². The third-order valence-electron chi connectivity index (χ3n) is 2.16. The monoisotopic (exact) mass is 284 g/mol. The van der Waals surface area contributed by atoms with E-state index in [0.717, 1.165) is 10.6 Å². The number of hydrogen-bond acceptors (Lipinski definition) is 4. The summed E-state index contributed by atoms with van der Waals surface area (Å²) in [6, 6.07) is 5.78. The molecule has 0 spiro atoms. The van der Waals surface area contributed by atoms with Gasteiger partial charge >= 0.3 is 0 Å². The van der Waals surface area contributed by atoms with Gasteiger partial charge in [0, 0.05) is 10.6 Å². The van der Waals surface area contributed by atoms with Crippen molar-refractivity contribution in [2.24, 2.45) is 5.92 Å². The molecular weight excluding hydrogens is 264 g/mol. The number of nitrogens with two attached hydrogens (primary N) is 1. The topological polar surface area (TPSA) is 55.1 Å². The third-order valence-corrected chi connectivity index (χ3v) is 4.13. The van der Waals surface area contributed by atoms with Gasteiger partial charge in [0.15, 0.2) is 0 Å². The van der Waals surface area contributed by atoms with Crippen LogP contribution in [0.2, 0.25) is 0 Å². The highest BCUT2D eigenvalue weighted by molar-refractivity contribution is 7.99. The number of carbonyl (C=O) groups excluding carboxylic acids is 1. The number of nitrogens with one attached hydrogen (secondary N) is 1. The Labute approximate surface area is 117 Å². The Morgan fingerprint density at radius 2 is 2.17 bits per heavy atom. The van der Waals surface area contributed by atoms with Crippen LogP contribution in [-0.4, -0.2) is 23.7 Å². The number of hydrogen-bond donors (Lipinski definition) is 2. The molecule has 1 rings (SSSR count).